The molecule has 0 aliphatic carbocycles. The molecule has 1 aromatic rings. The molecule has 0 saturated carbocycles. The first kappa shape index (κ1) is 13.3. The lowest BCUT2D eigenvalue weighted by Gasteiger charge is -2.12. The summed E-state index contributed by atoms with van der Waals surface area (Å²) < 4.78 is 10.6. The highest BCUT2D eigenvalue weighted by molar-refractivity contribution is 5.91. The molecule has 0 radical (unpaired) electrons. The molecule has 1 aromatic carbocycles. The lowest BCUT2D eigenvalue weighted by atomic mass is 10.1. The number of carbonyl (C=O) groups is 1. The molecule has 0 amide bonds. The molecule has 19 heavy (non-hydrogen) atoms. The van der Waals surface area contributed by atoms with E-state index >= 15 is 0 Å². The van der Waals surface area contributed by atoms with Crippen LogP contribution in [0.4, 0.5) is 5.69 Å². The average Bonchev–Trinajstić information content (AvgIpc) is 2.89. The van der Waals surface area contributed by atoms with Crippen molar-refractivity contribution in [1.82, 2.24) is 0 Å². The molecule has 1 fully saturated rings. The highest BCUT2D eigenvalue weighted by Gasteiger charge is 2.20. The van der Waals surface area contributed by atoms with Gasteiger partial charge in [-0.3, -0.25) is 10.1 Å². The van der Waals surface area contributed by atoms with Gasteiger partial charge in [-0.05, 0) is 12.5 Å². The lowest BCUT2D eigenvalue weighted by Crippen LogP contribution is -2.13. The van der Waals surface area contributed by atoms with Crippen LogP contribution in [0.25, 0.3) is 0 Å². The molecule has 0 bridgehead atoms. The van der Waals surface area contributed by atoms with Crippen LogP contribution < -0.4 is 4.74 Å². The molecule has 102 valence electrons. The van der Waals surface area contributed by atoms with Crippen LogP contribution in [0.3, 0.4) is 0 Å². The minimum atomic E-state index is -1.25. The van der Waals surface area contributed by atoms with Gasteiger partial charge in [-0.1, -0.05) is 0 Å². The molecule has 0 aromatic heterocycles. The van der Waals surface area contributed by atoms with Crippen LogP contribution in [0.15, 0.2) is 18.2 Å². The van der Waals surface area contributed by atoms with Crippen molar-refractivity contribution in [3.8, 4) is 5.75 Å². The molecule has 1 N–H and O–H groups in total. The Morgan fingerprint density at radius 3 is 2.95 bits per heavy atom. The molecule has 7 heteroatoms. The van der Waals surface area contributed by atoms with E-state index in [2.05, 4.69) is 0 Å². The van der Waals surface area contributed by atoms with Crippen LogP contribution in [0, 0.1) is 16.0 Å². The van der Waals surface area contributed by atoms with Gasteiger partial charge in [-0.25, -0.2) is 4.79 Å². The third-order valence-corrected chi connectivity index (χ3v) is 2.90. The summed E-state index contributed by atoms with van der Waals surface area (Å²) in [6.45, 7) is 1.62. The monoisotopic (exact) mass is 267 g/mol. The number of carboxylic acids is 1. The van der Waals surface area contributed by atoms with E-state index < -0.39 is 10.9 Å². The summed E-state index contributed by atoms with van der Waals surface area (Å²) >= 11 is 0. The van der Waals surface area contributed by atoms with Crippen LogP contribution in [-0.2, 0) is 4.74 Å². The summed E-state index contributed by atoms with van der Waals surface area (Å²) in [7, 11) is 0. The molecule has 1 aliphatic rings. The van der Waals surface area contributed by atoms with Gasteiger partial charge < -0.3 is 14.6 Å². The Morgan fingerprint density at radius 2 is 2.37 bits per heavy atom. The smallest absolute Gasteiger partial charge is 0.339 e. The number of hydrogen-bond donors (Lipinski definition) is 1. The number of hydrogen-bond acceptors (Lipinski definition) is 5. The van der Waals surface area contributed by atoms with Crippen molar-refractivity contribution in [3.05, 3.63) is 33.9 Å². The standard InChI is InChI=1S/C12H13NO6/c14-12(15)10-5-9(13(16)17)1-2-11(10)19-7-8-3-4-18-6-8/h1-2,5,8H,3-4,6-7H2,(H,14,15). The van der Waals surface area contributed by atoms with Crippen LogP contribution in [-0.4, -0.2) is 35.8 Å². The van der Waals surface area contributed by atoms with Crippen molar-refractivity contribution in [1.29, 1.82) is 0 Å². The fourth-order valence-electron chi connectivity index (χ4n) is 1.85. The van der Waals surface area contributed by atoms with Crippen molar-refractivity contribution in [2.24, 2.45) is 5.92 Å². The second kappa shape index (κ2) is 5.66. The molecule has 1 atom stereocenters. The van der Waals surface area contributed by atoms with E-state index in [1.54, 1.807) is 0 Å². The zero-order valence-electron chi connectivity index (χ0n) is 10.1. The molecule has 1 saturated heterocycles. The topological polar surface area (TPSA) is 98.9 Å². The van der Waals surface area contributed by atoms with E-state index in [-0.39, 0.29) is 22.9 Å². The average molecular weight is 267 g/mol. The number of nitro benzene ring substituents is 1. The maximum atomic E-state index is 11.1. The fraction of sp³-hybridized carbons (Fsp3) is 0.417. The van der Waals surface area contributed by atoms with Gasteiger partial charge >= 0.3 is 5.97 Å². The van der Waals surface area contributed by atoms with Gasteiger partial charge in [0.15, 0.2) is 0 Å². The number of nitro groups is 1. The Morgan fingerprint density at radius 1 is 1.58 bits per heavy atom. The summed E-state index contributed by atoms with van der Waals surface area (Å²) in [5, 5.41) is 19.6. The summed E-state index contributed by atoms with van der Waals surface area (Å²) in [6.07, 6.45) is 0.870. The molecular formula is C12H13NO6. The first-order valence-corrected chi connectivity index (χ1v) is 5.80. The first-order valence-electron chi connectivity index (χ1n) is 5.80. The van der Waals surface area contributed by atoms with Gasteiger partial charge in [-0.15, -0.1) is 0 Å². The molecule has 0 spiro atoms. The van der Waals surface area contributed by atoms with Gasteiger partial charge in [-0.2, -0.15) is 0 Å². The minimum Gasteiger partial charge on any atom is -0.492 e. The number of nitrogens with zero attached hydrogens (tertiary/aromatic N) is 1. The quantitative estimate of drug-likeness (QED) is 0.644. The van der Waals surface area contributed by atoms with Crippen molar-refractivity contribution < 1.29 is 24.3 Å². The third kappa shape index (κ3) is 3.19. The Balaban J connectivity index is 2.14. The van der Waals surface area contributed by atoms with E-state index in [1.165, 1.54) is 12.1 Å². The van der Waals surface area contributed by atoms with Crippen molar-refractivity contribution in [2.45, 2.75) is 6.42 Å². The van der Waals surface area contributed by atoms with Crippen molar-refractivity contribution >= 4 is 11.7 Å². The summed E-state index contributed by atoms with van der Waals surface area (Å²) in [4.78, 5) is 21.0. The Labute approximate surface area is 108 Å². The first-order chi connectivity index (χ1) is 9.08. The number of aromatic carboxylic acids is 1. The highest BCUT2D eigenvalue weighted by Crippen LogP contribution is 2.25. The summed E-state index contributed by atoms with van der Waals surface area (Å²) in [5.41, 5.74) is -0.470. The van der Waals surface area contributed by atoms with E-state index in [0.29, 0.717) is 19.8 Å². The second-order valence-electron chi connectivity index (χ2n) is 4.28. The van der Waals surface area contributed by atoms with E-state index in [0.717, 1.165) is 12.5 Å². The number of carboxylic acid groups (broad SMARTS) is 1. The largest absolute Gasteiger partial charge is 0.492 e. The number of ether oxygens (including phenoxy) is 2. The normalized spacial score (nSPS) is 18.2. The maximum absolute atomic E-state index is 11.1. The van der Waals surface area contributed by atoms with E-state index in [1.807, 2.05) is 0 Å². The highest BCUT2D eigenvalue weighted by atomic mass is 16.6. The van der Waals surface area contributed by atoms with Gasteiger partial charge in [0, 0.05) is 24.7 Å². The summed E-state index contributed by atoms with van der Waals surface area (Å²) in [6, 6.07) is 3.55. The molecule has 1 heterocycles. The van der Waals surface area contributed by atoms with Gasteiger partial charge in [0.05, 0.1) is 18.1 Å². The van der Waals surface area contributed by atoms with Crippen molar-refractivity contribution in [2.75, 3.05) is 19.8 Å². The predicted molar refractivity (Wildman–Crippen MR) is 64.5 cm³/mol. The maximum Gasteiger partial charge on any atom is 0.339 e. The van der Waals surface area contributed by atoms with Crippen molar-refractivity contribution in [3.63, 3.8) is 0 Å². The molecule has 7 nitrogen and oxygen atoms in total. The van der Waals surface area contributed by atoms with Gasteiger partial charge in [0.1, 0.15) is 11.3 Å². The predicted octanol–water partition coefficient (Wildman–Crippen LogP) is 1.71. The number of benzene rings is 1. The SMILES string of the molecule is O=C(O)c1cc([N+](=O)[O-])ccc1OCC1CCOC1. The molecule has 2 rings (SSSR count). The van der Waals surface area contributed by atoms with E-state index in [9.17, 15) is 14.9 Å². The molecular weight excluding hydrogens is 254 g/mol. The second-order valence-corrected chi connectivity index (χ2v) is 4.28. The summed E-state index contributed by atoms with van der Waals surface area (Å²) in [5.74, 6) is -0.872. The van der Waals surface area contributed by atoms with E-state index in [4.69, 9.17) is 14.6 Å². The number of non-ortho nitro benzene ring substituents is 1. The molecule has 1 aliphatic heterocycles. The fourth-order valence-corrected chi connectivity index (χ4v) is 1.85. The number of rotatable bonds is 5. The third-order valence-electron chi connectivity index (χ3n) is 2.90. The lowest BCUT2D eigenvalue weighted by molar-refractivity contribution is -0.384. The van der Waals surface area contributed by atoms with Crippen LogP contribution in [0.5, 0.6) is 5.75 Å². The Bertz CT molecular complexity index is 495. The Kier molecular flexibility index (Phi) is 3.96. The van der Waals surface area contributed by atoms with Crippen LogP contribution >= 0.6 is 0 Å². The van der Waals surface area contributed by atoms with Crippen LogP contribution in [0.1, 0.15) is 16.8 Å². The minimum absolute atomic E-state index is 0.144. The zero-order chi connectivity index (χ0) is 13.8. The van der Waals surface area contributed by atoms with Gasteiger partial charge in [0.25, 0.3) is 5.69 Å². The molecule has 1 unspecified atom stereocenters. The van der Waals surface area contributed by atoms with Gasteiger partial charge in [0.2, 0.25) is 0 Å². The zero-order valence-corrected chi connectivity index (χ0v) is 10.1. The van der Waals surface area contributed by atoms with Crippen LogP contribution in [0.2, 0.25) is 0 Å². The Hall–Kier alpha value is -2.15.